The van der Waals surface area contributed by atoms with E-state index in [4.69, 9.17) is 5.73 Å². The molecule has 0 saturated carbocycles. The number of ketones is 1. The molecule has 0 fully saturated rings. The van der Waals surface area contributed by atoms with E-state index in [1.807, 2.05) is 0 Å². The Labute approximate surface area is 134 Å². The van der Waals surface area contributed by atoms with Crippen molar-refractivity contribution in [2.75, 3.05) is 5.73 Å². The minimum atomic E-state index is -0.00985. The van der Waals surface area contributed by atoms with Crippen molar-refractivity contribution in [3.63, 3.8) is 0 Å². The second-order valence-electron chi connectivity index (χ2n) is 6.13. The molecule has 0 unspecified atom stereocenters. The fourth-order valence-electron chi connectivity index (χ4n) is 2.68. The molecule has 0 amide bonds. The van der Waals surface area contributed by atoms with Gasteiger partial charge in [0.2, 0.25) is 0 Å². The van der Waals surface area contributed by atoms with Gasteiger partial charge in [-0.05, 0) is 24.6 Å². The molecular formula is C19H31NO2. The van der Waals surface area contributed by atoms with E-state index in [1.54, 1.807) is 12.1 Å². The molecule has 124 valence electrons. The largest absolute Gasteiger partial charge is 0.507 e. The fourth-order valence-corrected chi connectivity index (χ4v) is 2.68. The van der Waals surface area contributed by atoms with Crippen LogP contribution in [0, 0.1) is 0 Å². The Bertz CT molecular complexity index is 443. The van der Waals surface area contributed by atoms with Gasteiger partial charge in [-0.25, -0.2) is 0 Å². The van der Waals surface area contributed by atoms with Crippen LogP contribution in [-0.2, 0) is 0 Å². The number of phenolic OH excluding ortho intramolecular Hbond substituents is 1. The van der Waals surface area contributed by atoms with Crippen molar-refractivity contribution in [2.24, 2.45) is 0 Å². The highest BCUT2D eigenvalue weighted by molar-refractivity contribution is 5.99. The number of anilines is 1. The third kappa shape index (κ3) is 7.48. The zero-order valence-electron chi connectivity index (χ0n) is 13.9. The van der Waals surface area contributed by atoms with E-state index >= 15 is 0 Å². The Kier molecular flexibility index (Phi) is 9.36. The summed E-state index contributed by atoms with van der Waals surface area (Å²) < 4.78 is 0. The van der Waals surface area contributed by atoms with Crippen molar-refractivity contribution in [1.29, 1.82) is 0 Å². The van der Waals surface area contributed by atoms with Crippen LogP contribution in [0.5, 0.6) is 5.75 Å². The Morgan fingerprint density at radius 2 is 1.50 bits per heavy atom. The van der Waals surface area contributed by atoms with Crippen LogP contribution in [0.1, 0.15) is 87.9 Å². The molecule has 1 rings (SSSR count). The number of hydrogen-bond donors (Lipinski definition) is 2. The summed E-state index contributed by atoms with van der Waals surface area (Å²) in [5, 5.41) is 9.69. The van der Waals surface area contributed by atoms with E-state index < -0.39 is 0 Å². The molecule has 22 heavy (non-hydrogen) atoms. The van der Waals surface area contributed by atoms with Crippen LogP contribution in [0.2, 0.25) is 0 Å². The summed E-state index contributed by atoms with van der Waals surface area (Å²) in [5.74, 6) is 0.0237. The molecule has 0 spiro atoms. The van der Waals surface area contributed by atoms with Crippen molar-refractivity contribution in [3.05, 3.63) is 23.8 Å². The summed E-state index contributed by atoms with van der Waals surface area (Å²) in [5.41, 5.74) is 6.53. The zero-order chi connectivity index (χ0) is 16.2. The van der Waals surface area contributed by atoms with Crippen LogP contribution in [-0.4, -0.2) is 10.9 Å². The standard InChI is InChI=1S/C19H31NO2/c1-2-3-4-5-6-7-8-9-10-11-12-18(21)17-15-16(20)13-14-19(17)22/h13-15,22H,2-12,20H2,1H3. The van der Waals surface area contributed by atoms with Crippen molar-refractivity contribution < 1.29 is 9.90 Å². The lowest BCUT2D eigenvalue weighted by Gasteiger charge is -2.05. The molecule has 3 N–H and O–H groups in total. The fraction of sp³-hybridized carbons (Fsp3) is 0.632. The third-order valence-electron chi connectivity index (χ3n) is 4.08. The Morgan fingerprint density at radius 3 is 2.09 bits per heavy atom. The van der Waals surface area contributed by atoms with E-state index in [9.17, 15) is 9.90 Å². The molecule has 0 atom stereocenters. The highest BCUT2D eigenvalue weighted by atomic mass is 16.3. The predicted octanol–water partition coefficient (Wildman–Crippen LogP) is 5.47. The van der Waals surface area contributed by atoms with Gasteiger partial charge in [0, 0.05) is 12.1 Å². The van der Waals surface area contributed by atoms with Gasteiger partial charge in [-0.1, -0.05) is 64.7 Å². The van der Waals surface area contributed by atoms with Gasteiger partial charge in [0.15, 0.2) is 5.78 Å². The average Bonchev–Trinajstić information content (AvgIpc) is 2.51. The monoisotopic (exact) mass is 305 g/mol. The highest BCUT2D eigenvalue weighted by Crippen LogP contribution is 2.22. The van der Waals surface area contributed by atoms with Crippen molar-refractivity contribution in [1.82, 2.24) is 0 Å². The van der Waals surface area contributed by atoms with Gasteiger partial charge >= 0.3 is 0 Å². The molecule has 0 radical (unpaired) electrons. The van der Waals surface area contributed by atoms with Gasteiger partial charge in [-0.15, -0.1) is 0 Å². The first-order chi connectivity index (χ1) is 10.6. The summed E-state index contributed by atoms with van der Waals surface area (Å²) in [7, 11) is 0. The first kappa shape index (κ1) is 18.5. The molecule has 1 aromatic carbocycles. The summed E-state index contributed by atoms with van der Waals surface area (Å²) in [6, 6.07) is 4.65. The number of phenols is 1. The van der Waals surface area contributed by atoms with Crippen LogP contribution >= 0.6 is 0 Å². The van der Waals surface area contributed by atoms with E-state index in [0.29, 0.717) is 17.7 Å². The number of carbonyl (C=O) groups excluding carboxylic acids is 1. The van der Waals surface area contributed by atoms with E-state index in [0.717, 1.165) is 12.8 Å². The molecular weight excluding hydrogens is 274 g/mol. The molecule has 0 aliphatic heterocycles. The predicted molar refractivity (Wildman–Crippen MR) is 93.3 cm³/mol. The maximum atomic E-state index is 12.0. The first-order valence-corrected chi connectivity index (χ1v) is 8.77. The number of Topliss-reactive ketones (excluding diaryl/α,β-unsaturated/α-hetero) is 1. The normalized spacial score (nSPS) is 10.8. The zero-order valence-corrected chi connectivity index (χ0v) is 13.9. The number of aromatic hydroxyl groups is 1. The van der Waals surface area contributed by atoms with Crippen molar-refractivity contribution >= 4 is 11.5 Å². The Hall–Kier alpha value is -1.51. The van der Waals surface area contributed by atoms with Crippen LogP contribution < -0.4 is 5.73 Å². The number of hydrogen-bond acceptors (Lipinski definition) is 3. The molecule has 0 heterocycles. The summed E-state index contributed by atoms with van der Waals surface area (Å²) in [4.78, 5) is 12.0. The smallest absolute Gasteiger partial charge is 0.166 e. The molecule has 1 aromatic rings. The van der Waals surface area contributed by atoms with Crippen molar-refractivity contribution in [2.45, 2.75) is 77.6 Å². The number of nitrogen functional groups attached to an aromatic ring is 1. The molecule has 3 heteroatoms. The Morgan fingerprint density at radius 1 is 0.955 bits per heavy atom. The lowest BCUT2D eigenvalue weighted by atomic mass is 10.0. The number of unbranched alkanes of at least 4 members (excludes halogenated alkanes) is 9. The Balaban J connectivity index is 2.07. The van der Waals surface area contributed by atoms with Gasteiger partial charge in [0.1, 0.15) is 5.75 Å². The molecule has 0 bridgehead atoms. The summed E-state index contributed by atoms with van der Waals surface area (Å²) in [6.45, 7) is 2.24. The summed E-state index contributed by atoms with van der Waals surface area (Å²) >= 11 is 0. The number of rotatable bonds is 12. The first-order valence-electron chi connectivity index (χ1n) is 8.77. The topological polar surface area (TPSA) is 63.3 Å². The number of carbonyl (C=O) groups is 1. The summed E-state index contributed by atoms with van der Waals surface area (Å²) in [6.07, 6.45) is 13.0. The van der Waals surface area contributed by atoms with Gasteiger partial charge in [0.05, 0.1) is 5.56 Å². The average molecular weight is 305 g/mol. The second kappa shape index (κ2) is 11.1. The molecule has 0 aliphatic carbocycles. The maximum absolute atomic E-state index is 12.0. The quantitative estimate of drug-likeness (QED) is 0.233. The third-order valence-corrected chi connectivity index (χ3v) is 4.08. The van der Waals surface area contributed by atoms with E-state index in [-0.39, 0.29) is 11.5 Å². The number of benzene rings is 1. The van der Waals surface area contributed by atoms with Crippen LogP contribution in [0.15, 0.2) is 18.2 Å². The van der Waals surface area contributed by atoms with Crippen LogP contribution in [0.25, 0.3) is 0 Å². The molecule has 0 saturated heterocycles. The lowest BCUT2D eigenvalue weighted by molar-refractivity contribution is 0.0976. The molecule has 0 aliphatic rings. The van der Waals surface area contributed by atoms with E-state index in [1.165, 1.54) is 57.4 Å². The maximum Gasteiger partial charge on any atom is 0.166 e. The van der Waals surface area contributed by atoms with Gasteiger partial charge in [-0.2, -0.15) is 0 Å². The van der Waals surface area contributed by atoms with Crippen molar-refractivity contribution in [3.8, 4) is 5.75 Å². The SMILES string of the molecule is CCCCCCCCCCCCC(=O)c1cc(N)ccc1O. The number of nitrogens with two attached hydrogens (primary N) is 1. The van der Waals surface area contributed by atoms with Gasteiger partial charge in [0.25, 0.3) is 0 Å². The van der Waals surface area contributed by atoms with Gasteiger partial charge < -0.3 is 10.8 Å². The molecule has 3 nitrogen and oxygen atoms in total. The second-order valence-corrected chi connectivity index (χ2v) is 6.13. The van der Waals surface area contributed by atoms with Crippen LogP contribution in [0.4, 0.5) is 5.69 Å². The minimum absolute atomic E-state index is 0.00985. The van der Waals surface area contributed by atoms with E-state index in [2.05, 4.69) is 6.92 Å². The van der Waals surface area contributed by atoms with Crippen LogP contribution in [0.3, 0.4) is 0 Å². The lowest BCUT2D eigenvalue weighted by Crippen LogP contribution is -2.00. The highest BCUT2D eigenvalue weighted by Gasteiger charge is 2.10. The van der Waals surface area contributed by atoms with Gasteiger partial charge in [-0.3, -0.25) is 4.79 Å². The molecule has 0 aromatic heterocycles. The minimum Gasteiger partial charge on any atom is -0.507 e.